The lowest BCUT2D eigenvalue weighted by Crippen LogP contribution is -2.25. The van der Waals surface area contributed by atoms with Gasteiger partial charge in [0.1, 0.15) is 0 Å². The number of benzene rings is 1. The number of hydrogen-bond acceptors (Lipinski definition) is 2. The van der Waals surface area contributed by atoms with Crippen LogP contribution in [0.25, 0.3) is 0 Å². The van der Waals surface area contributed by atoms with Gasteiger partial charge in [-0.1, -0.05) is 39.1 Å². The number of anilines is 1. The Morgan fingerprint density at radius 2 is 1.94 bits per heavy atom. The molecule has 1 N–H and O–H groups in total. The van der Waals surface area contributed by atoms with Crippen LogP contribution >= 0.6 is 39.1 Å². The molecular weight excluding hydrogens is 317 g/mol. The topological polar surface area (TPSA) is 40.5 Å². The summed E-state index contributed by atoms with van der Waals surface area (Å²) in [6, 6.07) is 3.33. The van der Waals surface area contributed by atoms with E-state index in [1.807, 2.05) is 0 Å². The van der Waals surface area contributed by atoms with Crippen LogP contribution in [0, 0.1) is 0 Å². The van der Waals surface area contributed by atoms with Crippen molar-refractivity contribution in [3.63, 3.8) is 0 Å². The zero-order valence-electron chi connectivity index (χ0n) is 8.08. The van der Waals surface area contributed by atoms with E-state index in [9.17, 15) is 9.90 Å². The van der Waals surface area contributed by atoms with E-state index in [0.717, 1.165) is 4.47 Å². The van der Waals surface area contributed by atoms with Gasteiger partial charge in [-0.05, 0) is 12.1 Å². The number of amides is 1. The van der Waals surface area contributed by atoms with Crippen molar-refractivity contribution in [3.8, 4) is 0 Å². The van der Waals surface area contributed by atoms with Gasteiger partial charge < -0.3 is 10.0 Å². The van der Waals surface area contributed by atoms with Crippen molar-refractivity contribution in [1.29, 1.82) is 0 Å². The van der Waals surface area contributed by atoms with Crippen molar-refractivity contribution >= 4 is 50.7 Å². The summed E-state index contributed by atoms with van der Waals surface area (Å²) >= 11 is 15.3. The van der Waals surface area contributed by atoms with E-state index in [0.29, 0.717) is 15.7 Å². The Morgan fingerprint density at radius 3 is 2.38 bits per heavy atom. The van der Waals surface area contributed by atoms with E-state index in [1.54, 1.807) is 12.1 Å². The predicted molar refractivity (Wildman–Crippen MR) is 67.1 cm³/mol. The highest BCUT2D eigenvalue weighted by molar-refractivity contribution is 9.10. The number of β-amino-alcohol motifs (C(OH)–C–C–N with tert-alkyl or cyclic N) is 1. The van der Waals surface area contributed by atoms with E-state index in [1.165, 1.54) is 4.90 Å². The standard InChI is InChI=1S/C10H8BrCl2NO2/c11-5-1-7(12)10(8(13)2-5)14-4-6(15)3-9(14)16/h1-2,6,15H,3-4H2. The fraction of sp³-hybridized carbons (Fsp3) is 0.300. The first-order chi connectivity index (χ1) is 7.49. The summed E-state index contributed by atoms with van der Waals surface area (Å²) in [5.41, 5.74) is 0.466. The lowest BCUT2D eigenvalue weighted by atomic mass is 10.3. The minimum absolute atomic E-state index is 0.114. The predicted octanol–water partition coefficient (Wildman–Crippen LogP) is 2.85. The molecule has 1 aliphatic rings. The van der Waals surface area contributed by atoms with Gasteiger partial charge >= 0.3 is 0 Å². The zero-order valence-corrected chi connectivity index (χ0v) is 11.2. The van der Waals surface area contributed by atoms with Gasteiger partial charge in [0.2, 0.25) is 5.91 Å². The molecule has 0 bridgehead atoms. The molecule has 16 heavy (non-hydrogen) atoms. The molecule has 0 saturated carbocycles. The number of carbonyl (C=O) groups is 1. The van der Waals surface area contributed by atoms with Crippen LogP contribution in [-0.2, 0) is 4.79 Å². The fourth-order valence-corrected chi connectivity index (χ4v) is 3.11. The molecule has 2 rings (SSSR count). The zero-order chi connectivity index (χ0) is 11.9. The van der Waals surface area contributed by atoms with Gasteiger partial charge in [-0.15, -0.1) is 0 Å². The van der Waals surface area contributed by atoms with Crippen molar-refractivity contribution in [2.24, 2.45) is 0 Å². The van der Waals surface area contributed by atoms with Gasteiger partial charge in [0, 0.05) is 4.47 Å². The molecule has 1 aromatic rings. The number of rotatable bonds is 1. The third-order valence-corrected chi connectivity index (χ3v) is 3.39. The number of aliphatic hydroxyl groups excluding tert-OH is 1. The minimum Gasteiger partial charge on any atom is -0.391 e. The van der Waals surface area contributed by atoms with Crippen molar-refractivity contribution in [1.82, 2.24) is 0 Å². The van der Waals surface area contributed by atoms with Gasteiger partial charge in [-0.3, -0.25) is 4.79 Å². The van der Waals surface area contributed by atoms with E-state index < -0.39 is 6.10 Å². The second kappa shape index (κ2) is 4.53. The van der Waals surface area contributed by atoms with Crippen molar-refractivity contribution in [2.75, 3.05) is 11.4 Å². The molecule has 3 nitrogen and oxygen atoms in total. The Morgan fingerprint density at radius 1 is 1.38 bits per heavy atom. The summed E-state index contributed by atoms with van der Waals surface area (Å²) in [5, 5.41) is 10.2. The molecule has 0 radical (unpaired) electrons. The average molecular weight is 325 g/mol. The van der Waals surface area contributed by atoms with Crippen molar-refractivity contribution < 1.29 is 9.90 Å². The highest BCUT2D eigenvalue weighted by Crippen LogP contribution is 2.38. The molecule has 1 fully saturated rings. The normalized spacial score (nSPS) is 20.6. The van der Waals surface area contributed by atoms with Crippen molar-refractivity contribution in [3.05, 3.63) is 26.7 Å². The quantitative estimate of drug-likeness (QED) is 0.863. The summed E-state index contributed by atoms with van der Waals surface area (Å²) < 4.78 is 0.749. The number of halogens is 3. The summed E-state index contributed by atoms with van der Waals surface area (Å²) in [6.07, 6.45) is -0.536. The third-order valence-electron chi connectivity index (χ3n) is 2.36. The maximum Gasteiger partial charge on any atom is 0.229 e. The van der Waals surface area contributed by atoms with Crippen LogP contribution in [0.4, 0.5) is 5.69 Å². The van der Waals surface area contributed by atoms with Gasteiger partial charge in [0.05, 0.1) is 34.8 Å². The number of aliphatic hydroxyl groups is 1. The van der Waals surface area contributed by atoms with Crippen LogP contribution in [0.5, 0.6) is 0 Å². The van der Waals surface area contributed by atoms with Crippen molar-refractivity contribution in [2.45, 2.75) is 12.5 Å². The van der Waals surface area contributed by atoms with Gasteiger partial charge in [0.25, 0.3) is 0 Å². The second-order valence-corrected chi connectivity index (χ2v) is 5.31. The van der Waals surface area contributed by atoms with Crippen LogP contribution in [0.15, 0.2) is 16.6 Å². The van der Waals surface area contributed by atoms with E-state index in [2.05, 4.69) is 15.9 Å². The Bertz CT molecular complexity index is 429. The van der Waals surface area contributed by atoms with Crippen LogP contribution in [-0.4, -0.2) is 23.7 Å². The monoisotopic (exact) mass is 323 g/mol. The molecule has 0 aliphatic carbocycles. The molecule has 1 aromatic carbocycles. The fourth-order valence-electron chi connectivity index (χ4n) is 1.70. The highest BCUT2D eigenvalue weighted by Gasteiger charge is 2.31. The first-order valence-corrected chi connectivity index (χ1v) is 6.17. The van der Waals surface area contributed by atoms with Gasteiger partial charge in [-0.25, -0.2) is 0 Å². The SMILES string of the molecule is O=C1CC(O)CN1c1c(Cl)cc(Br)cc1Cl. The van der Waals surface area contributed by atoms with E-state index >= 15 is 0 Å². The molecule has 1 amide bonds. The number of hydrogen-bond donors (Lipinski definition) is 1. The molecular formula is C10H8BrCl2NO2. The van der Waals surface area contributed by atoms with Gasteiger partial charge in [-0.2, -0.15) is 0 Å². The largest absolute Gasteiger partial charge is 0.391 e. The van der Waals surface area contributed by atoms with Crippen LogP contribution in [0.3, 0.4) is 0 Å². The Labute approximate surface area is 111 Å². The lowest BCUT2D eigenvalue weighted by Gasteiger charge is -2.19. The molecule has 1 heterocycles. The number of carbonyl (C=O) groups excluding carboxylic acids is 1. The molecule has 0 aromatic heterocycles. The first kappa shape index (κ1) is 12.2. The van der Waals surface area contributed by atoms with E-state index in [4.69, 9.17) is 23.2 Å². The Kier molecular flexibility index (Phi) is 3.45. The second-order valence-electron chi connectivity index (χ2n) is 3.58. The molecule has 1 atom stereocenters. The summed E-state index contributed by atoms with van der Waals surface area (Å²) in [6.45, 7) is 0.236. The summed E-state index contributed by atoms with van der Waals surface area (Å²) in [7, 11) is 0. The average Bonchev–Trinajstić information content (AvgIpc) is 2.43. The molecule has 1 aliphatic heterocycles. The Hall–Kier alpha value is -0.290. The number of nitrogens with zero attached hydrogens (tertiary/aromatic N) is 1. The summed E-state index contributed by atoms with van der Waals surface area (Å²) in [4.78, 5) is 13.0. The molecule has 86 valence electrons. The summed E-state index contributed by atoms with van der Waals surface area (Å²) in [5.74, 6) is -0.168. The van der Waals surface area contributed by atoms with Crippen LogP contribution < -0.4 is 4.90 Å². The maximum atomic E-state index is 11.6. The Balaban J connectivity index is 2.44. The van der Waals surface area contributed by atoms with Crippen LogP contribution in [0.2, 0.25) is 10.0 Å². The molecule has 6 heteroatoms. The smallest absolute Gasteiger partial charge is 0.229 e. The molecule has 0 spiro atoms. The van der Waals surface area contributed by atoms with Gasteiger partial charge in [0.15, 0.2) is 0 Å². The molecule has 1 unspecified atom stereocenters. The van der Waals surface area contributed by atoms with E-state index in [-0.39, 0.29) is 18.9 Å². The third kappa shape index (κ3) is 2.20. The molecule has 1 saturated heterocycles. The first-order valence-electron chi connectivity index (χ1n) is 4.62. The maximum absolute atomic E-state index is 11.6. The highest BCUT2D eigenvalue weighted by atomic mass is 79.9. The minimum atomic E-state index is -0.650. The van der Waals surface area contributed by atoms with Crippen LogP contribution in [0.1, 0.15) is 6.42 Å². The lowest BCUT2D eigenvalue weighted by molar-refractivity contribution is -0.117.